The number of carbonyl (C=O) groups is 3. The van der Waals surface area contributed by atoms with E-state index in [2.05, 4.69) is 5.32 Å². The number of ketones is 1. The molecule has 0 radical (unpaired) electrons. The minimum atomic E-state index is -2.89. The number of hydrogen-bond donors (Lipinski definition) is 1. The normalized spacial score (nSPS) is 24.9. The summed E-state index contributed by atoms with van der Waals surface area (Å²) in [4.78, 5) is 38.6. The van der Waals surface area contributed by atoms with Crippen LogP contribution in [0, 0.1) is 5.82 Å². The number of halogens is 3. The van der Waals surface area contributed by atoms with Crippen molar-refractivity contribution in [2.24, 2.45) is 0 Å². The van der Waals surface area contributed by atoms with Crippen molar-refractivity contribution >= 4 is 30.3 Å². The van der Waals surface area contributed by atoms with E-state index < -0.39 is 72.7 Å². The molecule has 0 bridgehead atoms. The smallest absolute Gasteiger partial charge is 0.399 e. The van der Waals surface area contributed by atoms with Crippen molar-refractivity contribution in [3.05, 3.63) is 29.6 Å². The minimum absolute atomic E-state index is 0.216. The number of carbonyl (C=O) groups excluding carboxylic acids is 3. The molecule has 0 atom stereocenters. The van der Waals surface area contributed by atoms with Crippen LogP contribution in [0.15, 0.2) is 18.2 Å². The molecule has 1 aliphatic carbocycles. The monoisotopic (exact) mass is 466 g/mol. The van der Waals surface area contributed by atoms with Crippen LogP contribution in [-0.2, 0) is 14.1 Å². The van der Waals surface area contributed by atoms with E-state index in [1.54, 1.807) is 0 Å². The molecule has 2 aliphatic heterocycles. The molecule has 4 rings (SSSR count). The average Bonchev–Trinajstić information content (AvgIpc) is 3.07. The Morgan fingerprint density at radius 1 is 1.06 bits per heavy atom. The Balaban J connectivity index is 1.47. The molecule has 11 heteroatoms. The number of rotatable bonds is 4. The zero-order valence-electron chi connectivity index (χ0n) is 19.0. The number of urea groups is 1. The van der Waals surface area contributed by atoms with Gasteiger partial charge in [0.2, 0.25) is 5.92 Å². The van der Waals surface area contributed by atoms with E-state index >= 15 is 0 Å². The number of imide groups is 1. The van der Waals surface area contributed by atoms with Gasteiger partial charge in [-0.25, -0.2) is 18.0 Å². The number of nitrogens with one attached hydrogen (secondary N) is 1. The average molecular weight is 466 g/mol. The Bertz CT molecular complexity index is 1000. The molecule has 1 aromatic carbocycles. The molecule has 1 saturated carbocycles. The first-order chi connectivity index (χ1) is 15.2. The lowest BCUT2D eigenvalue weighted by Crippen LogP contribution is -2.51. The highest BCUT2D eigenvalue weighted by Crippen LogP contribution is 2.41. The van der Waals surface area contributed by atoms with E-state index in [4.69, 9.17) is 9.31 Å². The van der Waals surface area contributed by atoms with Crippen LogP contribution >= 0.6 is 0 Å². The summed E-state index contributed by atoms with van der Waals surface area (Å²) in [5, 5.41) is 2.46. The first kappa shape index (κ1) is 23.8. The predicted octanol–water partition coefficient (Wildman–Crippen LogP) is 2.81. The van der Waals surface area contributed by atoms with Crippen molar-refractivity contribution in [3.63, 3.8) is 0 Å². The Morgan fingerprint density at radius 3 is 2.18 bits per heavy atom. The van der Waals surface area contributed by atoms with Crippen LogP contribution < -0.4 is 10.8 Å². The van der Waals surface area contributed by atoms with Gasteiger partial charge in [0.05, 0.1) is 23.3 Å². The van der Waals surface area contributed by atoms with E-state index in [0.29, 0.717) is 10.4 Å². The van der Waals surface area contributed by atoms with Crippen molar-refractivity contribution in [2.75, 3.05) is 6.54 Å². The van der Waals surface area contributed by atoms with E-state index in [1.807, 2.05) is 27.7 Å². The molecule has 3 amide bonds. The van der Waals surface area contributed by atoms with Gasteiger partial charge < -0.3 is 14.6 Å². The Morgan fingerprint density at radius 2 is 1.64 bits per heavy atom. The van der Waals surface area contributed by atoms with Crippen molar-refractivity contribution in [1.82, 2.24) is 10.2 Å². The van der Waals surface area contributed by atoms with Gasteiger partial charge in [0, 0.05) is 12.8 Å². The number of Topliss-reactive ketones (excluding diaryl/α,β-unsaturated/α-hetero) is 1. The quantitative estimate of drug-likeness (QED) is 0.419. The summed E-state index contributed by atoms with van der Waals surface area (Å²) >= 11 is 0. The molecule has 7 nitrogen and oxygen atoms in total. The molecule has 2 saturated heterocycles. The molecule has 1 N–H and O–H groups in total. The van der Waals surface area contributed by atoms with E-state index in [-0.39, 0.29) is 18.4 Å². The lowest BCUT2D eigenvalue weighted by Gasteiger charge is -2.34. The number of amides is 3. The van der Waals surface area contributed by atoms with E-state index in [0.717, 1.165) is 6.07 Å². The van der Waals surface area contributed by atoms with Crippen LogP contribution in [0.5, 0.6) is 0 Å². The molecule has 0 aromatic heterocycles. The summed E-state index contributed by atoms with van der Waals surface area (Å²) in [5.41, 5.74) is -2.58. The zero-order valence-corrected chi connectivity index (χ0v) is 19.0. The molecular weight excluding hydrogens is 440 g/mol. The van der Waals surface area contributed by atoms with Gasteiger partial charge >= 0.3 is 13.1 Å². The van der Waals surface area contributed by atoms with Crippen LogP contribution in [0.2, 0.25) is 0 Å². The van der Waals surface area contributed by atoms with Crippen LogP contribution in [0.3, 0.4) is 0 Å². The molecule has 3 aliphatic rings. The fraction of sp³-hybridized carbons (Fsp3) is 0.591. The molecule has 2 heterocycles. The molecule has 33 heavy (non-hydrogen) atoms. The fourth-order valence-corrected chi connectivity index (χ4v) is 4.31. The largest absolute Gasteiger partial charge is 0.494 e. The first-order valence-electron chi connectivity index (χ1n) is 10.9. The summed E-state index contributed by atoms with van der Waals surface area (Å²) in [5.74, 6) is -5.24. The Hall–Kier alpha value is -2.40. The maximum Gasteiger partial charge on any atom is 0.494 e. The SMILES string of the molecule is CC1(C)OB(c2ccc(C(=O)CN3C(=O)NC4(CCC(F)(F)CC4)C3=O)c(F)c2)OC1(C)C. The summed E-state index contributed by atoms with van der Waals surface area (Å²) in [7, 11) is -0.816. The Kier molecular flexibility index (Phi) is 5.44. The highest BCUT2D eigenvalue weighted by Gasteiger charge is 2.56. The van der Waals surface area contributed by atoms with Crippen molar-refractivity contribution in [2.45, 2.75) is 76.0 Å². The molecule has 1 aromatic rings. The lowest BCUT2D eigenvalue weighted by atomic mass is 9.78. The molecular formula is C22H26BF3N2O5. The molecule has 178 valence electrons. The van der Waals surface area contributed by atoms with E-state index in [9.17, 15) is 27.6 Å². The van der Waals surface area contributed by atoms with Gasteiger partial charge in [-0.1, -0.05) is 6.07 Å². The standard InChI is InChI=1S/C22H26BF3N2O5/c1-19(2)20(3,4)33-23(32-19)13-5-6-14(15(24)11-13)16(29)12-28-17(30)21(27-18(28)31)7-9-22(25,26)10-8-21/h5-6,11H,7-10,12H2,1-4H3,(H,27,31). The van der Waals surface area contributed by atoms with Crippen molar-refractivity contribution in [3.8, 4) is 0 Å². The second-order valence-electron chi connectivity index (χ2n) is 10.0. The van der Waals surface area contributed by atoms with Gasteiger partial charge in [0.25, 0.3) is 5.91 Å². The zero-order chi connectivity index (χ0) is 24.4. The number of nitrogens with zero attached hydrogens (tertiary/aromatic N) is 1. The third kappa shape index (κ3) is 4.05. The van der Waals surface area contributed by atoms with Gasteiger partial charge in [-0.15, -0.1) is 0 Å². The number of alkyl halides is 2. The van der Waals surface area contributed by atoms with Crippen LogP contribution in [0.25, 0.3) is 0 Å². The fourth-order valence-electron chi connectivity index (χ4n) is 4.31. The maximum atomic E-state index is 14.8. The van der Waals surface area contributed by atoms with Crippen LogP contribution in [-0.4, -0.2) is 58.9 Å². The topological polar surface area (TPSA) is 84.9 Å². The van der Waals surface area contributed by atoms with Crippen molar-refractivity contribution in [1.29, 1.82) is 0 Å². The summed E-state index contributed by atoms with van der Waals surface area (Å²) in [6, 6.07) is 3.04. The number of hydrogen-bond acceptors (Lipinski definition) is 5. The Labute approximate surface area is 190 Å². The van der Waals surface area contributed by atoms with Crippen LogP contribution in [0.1, 0.15) is 63.7 Å². The third-order valence-electron chi connectivity index (χ3n) is 7.20. The maximum absolute atomic E-state index is 14.8. The highest BCUT2D eigenvalue weighted by molar-refractivity contribution is 6.62. The second-order valence-corrected chi connectivity index (χ2v) is 10.0. The van der Waals surface area contributed by atoms with Crippen LogP contribution in [0.4, 0.5) is 18.0 Å². The lowest BCUT2D eigenvalue weighted by molar-refractivity contribution is -0.135. The first-order valence-corrected chi connectivity index (χ1v) is 10.9. The van der Waals surface area contributed by atoms with Gasteiger partial charge in [-0.05, 0) is 58.1 Å². The van der Waals surface area contributed by atoms with Gasteiger partial charge in [0.1, 0.15) is 11.4 Å². The number of benzene rings is 1. The summed E-state index contributed by atoms with van der Waals surface area (Å²) in [6.45, 7) is 6.76. The molecule has 3 fully saturated rings. The summed E-state index contributed by atoms with van der Waals surface area (Å²) < 4.78 is 53.6. The van der Waals surface area contributed by atoms with E-state index in [1.165, 1.54) is 12.1 Å². The van der Waals surface area contributed by atoms with Gasteiger partial charge in [-0.3, -0.25) is 14.5 Å². The molecule has 1 spiro atoms. The van der Waals surface area contributed by atoms with Crippen molar-refractivity contribution < 1.29 is 36.9 Å². The van der Waals surface area contributed by atoms with Gasteiger partial charge in [-0.2, -0.15) is 0 Å². The highest BCUT2D eigenvalue weighted by atomic mass is 19.3. The summed E-state index contributed by atoms with van der Waals surface area (Å²) in [6.07, 6.45) is -1.50. The third-order valence-corrected chi connectivity index (χ3v) is 7.20. The van der Waals surface area contributed by atoms with Gasteiger partial charge in [0.15, 0.2) is 5.78 Å². The second kappa shape index (κ2) is 7.56. The molecule has 0 unspecified atom stereocenters. The minimum Gasteiger partial charge on any atom is -0.399 e. The predicted molar refractivity (Wildman–Crippen MR) is 113 cm³/mol.